The SMILES string of the molecule is CCCCCCCCCCCCCCCCCCC(=O)OC[C@H](O)COC(=O)CCCCCCCCC(C)C. The number of unbranched alkanes of at least 4 members (excludes halogenated alkanes) is 20. The van der Waals surface area contributed by atoms with Crippen LogP contribution in [0.3, 0.4) is 0 Å². The summed E-state index contributed by atoms with van der Waals surface area (Å²) in [7, 11) is 0. The molecule has 0 fully saturated rings. The van der Waals surface area contributed by atoms with E-state index in [9.17, 15) is 14.7 Å². The summed E-state index contributed by atoms with van der Waals surface area (Å²) in [5, 5.41) is 9.94. The molecule has 1 atom stereocenters. The zero-order valence-electron chi connectivity index (χ0n) is 26.3. The Labute approximate surface area is 242 Å². The summed E-state index contributed by atoms with van der Waals surface area (Å²) in [4.78, 5) is 23.7. The van der Waals surface area contributed by atoms with Crippen LogP contribution >= 0.6 is 0 Å². The van der Waals surface area contributed by atoms with E-state index >= 15 is 0 Å². The van der Waals surface area contributed by atoms with Gasteiger partial charge < -0.3 is 14.6 Å². The monoisotopic (exact) mass is 554 g/mol. The summed E-state index contributed by atoms with van der Waals surface area (Å²) in [5.41, 5.74) is 0. The average Bonchev–Trinajstić information content (AvgIpc) is 2.91. The normalized spacial score (nSPS) is 12.1. The summed E-state index contributed by atoms with van der Waals surface area (Å²) < 4.78 is 10.3. The van der Waals surface area contributed by atoms with Crippen molar-refractivity contribution in [1.82, 2.24) is 0 Å². The molecule has 5 heteroatoms. The predicted octanol–water partition coefficient (Wildman–Crippen LogP) is 9.86. The van der Waals surface area contributed by atoms with Gasteiger partial charge in [0.25, 0.3) is 0 Å². The number of aliphatic hydroxyl groups is 1. The lowest BCUT2D eigenvalue weighted by Crippen LogP contribution is -2.25. The number of ether oxygens (including phenoxy) is 2. The number of hydrogen-bond donors (Lipinski definition) is 1. The molecule has 0 aliphatic heterocycles. The maximum Gasteiger partial charge on any atom is 0.305 e. The molecule has 0 saturated heterocycles. The lowest BCUT2D eigenvalue weighted by atomic mass is 10.0. The first kappa shape index (κ1) is 37.9. The molecule has 0 aliphatic rings. The Bertz CT molecular complexity index is 534. The van der Waals surface area contributed by atoms with Crippen molar-refractivity contribution in [2.75, 3.05) is 13.2 Å². The second-order valence-corrected chi connectivity index (χ2v) is 12.1. The van der Waals surface area contributed by atoms with E-state index in [1.54, 1.807) is 0 Å². The van der Waals surface area contributed by atoms with Gasteiger partial charge in [-0.15, -0.1) is 0 Å². The van der Waals surface area contributed by atoms with Gasteiger partial charge in [0, 0.05) is 12.8 Å². The van der Waals surface area contributed by atoms with Gasteiger partial charge >= 0.3 is 11.9 Å². The van der Waals surface area contributed by atoms with Crippen molar-refractivity contribution in [2.24, 2.45) is 5.92 Å². The van der Waals surface area contributed by atoms with Crippen molar-refractivity contribution in [3.8, 4) is 0 Å². The Morgan fingerprint density at radius 1 is 0.513 bits per heavy atom. The first-order valence-electron chi connectivity index (χ1n) is 16.9. The molecule has 0 aromatic carbocycles. The van der Waals surface area contributed by atoms with Crippen molar-refractivity contribution in [1.29, 1.82) is 0 Å². The minimum Gasteiger partial charge on any atom is -0.463 e. The quantitative estimate of drug-likeness (QED) is 0.0706. The van der Waals surface area contributed by atoms with Gasteiger partial charge in [-0.2, -0.15) is 0 Å². The van der Waals surface area contributed by atoms with Crippen LogP contribution in [0.1, 0.15) is 181 Å². The summed E-state index contributed by atoms with van der Waals surface area (Å²) in [6, 6.07) is 0. The Morgan fingerprint density at radius 3 is 1.15 bits per heavy atom. The summed E-state index contributed by atoms with van der Waals surface area (Å²) in [5.74, 6) is 0.217. The van der Waals surface area contributed by atoms with E-state index < -0.39 is 6.10 Å². The van der Waals surface area contributed by atoms with Gasteiger partial charge in [-0.1, -0.05) is 156 Å². The highest BCUT2D eigenvalue weighted by molar-refractivity contribution is 5.69. The molecule has 0 spiro atoms. The number of carbonyl (C=O) groups is 2. The highest BCUT2D eigenvalue weighted by atomic mass is 16.6. The molecule has 5 nitrogen and oxygen atoms in total. The van der Waals surface area contributed by atoms with Crippen molar-refractivity contribution in [3.63, 3.8) is 0 Å². The van der Waals surface area contributed by atoms with Crippen LogP contribution < -0.4 is 0 Å². The third-order valence-corrected chi connectivity index (χ3v) is 7.52. The largest absolute Gasteiger partial charge is 0.463 e. The fourth-order valence-corrected chi connectivity index (χ4v) is 4.92. The molecule has 0 amide bonds. The van der Waals surface area contributed by atoms with Gasteiger partial charge in [0.15, 0.2) is 0 Å². The van der Waals surface area contributed by atoms with Crippen LogP contribution in [0.25, 0.3) is 0 Å². The molecule has 0 radical (unpaired) electrons. The summed E-state index contributed by atoms with van der Waals surface area (Å²) >= 11 is 0. The first-order valence-corrected chi connectivity index (χ1v) is 16.9. The van der Waals surface area contributed by atoms with Crippen LogP contribution in [0.2, 0.25) is 0 Å². The van der Waals surface area contributed by atoms with Gasteiger partial charge in [-0.3, -0.25) is 9.59 Å². The van der Waals surface area contributed by atoms with Crippen molar-refractivity contribution in [3.05, 3.63) is 0 Å². The Hall–Kier alpha value is -1.10. The van der Waals surface area contributed by atoms with E-state index in [0.717, 1.165) is 38.0 Å². The number of aliphatic hydroxyl groups excluding tert-OH is 1. The molecule has 0 aromatic rings. The highest BCUT2D eigenvalue weighted by Crippen LogP contribution is 2.15. The molecule has 0 rings (SSSR count). The zero-order valence-corrected chi connectivity index (χ0v) is 26.3. The zero-order chi connectivity index (χ0) is 28.8. The molecule has 0 bridgehead atoms. The predicted molar refractivity (Wildman–Crippen MR) is 164 cm³/mol. The highest BCUT2D eigenvalue weighted by Gasteiger charge is 2.12. The van der Waals surface area contributed by atoms with Crippen LogP contribution in [0.5, 0.6) is 0 Å². The second-order valence-electron chi connectivity index (χ2n) is 12.1. The van der Waals surface area contributed by atoms with Crippen LogP contribution in [-0.2, 0) is 19.1 Å². The van der Waals surface area contributed by atoms with Gasteiger partial charge in [0.2, 0.25) is 0 Å². The van der Waals surface area contributed by atoms with E-state index in [1.165, 1.54) is 116 Å². The Morgan fingerprint density at radius 2 is 0.821 bits per heavy atom. The minimum atomic E-state index is -0.954. The molecule has 0 aliphatic carbocycles. The van der Waals surface area contributed by atoms with E-state index in [2.05, 4.69) is 20.8 Å². The second kappa shape index (κ2) is 29.9. The lowest BCUT2D eigenvalue weighted by Gasteiger charge is -2.12. The fraction of sp³-hybridized carbons (Fsp3) is 0.941. The summed E-state index contributed by atoms with van der Waals surface area (Å²) in [6.07, 6.45) is 28.8. The average molecular weight is 555 g/mol. The topological polar surface area (TPSA) is 72.8 Å². The fourth-order valence-electron chi connectivity index (χ4n) is 4.92. The minimum absolute atomic E-state index is 0.110. The molecule has 0 heterocycles. The van der Waals surface area contributed by atoms with Gasteiger partial charge in [0.05, 0.1) is 0 Å². The number of rotatable bonds is 30. The molecule has 232 valence electrons. The standard InChI is InChI=1S/C34H66O5/c1-4-5-6-7-8-9-10-11-12-13-14-15-16-17-21-24-27-33(36)38-29-32(35)30-39-34(37)28-25-22-19-18-20-23-26-31(2)3/h31-32,35H,4-30H2,1-3H3/t32-/m0/s1. The number of hydrogen-bond acceptors (Lipinski definition) is 5. The van der Waals surface area contributed by atoms with Crippen LogP contribution in [0.15, 0.2) is 0 Å². The van der Waals surface area contributed by atoms with Crippen LogP contribution in [0.4, 0.5) is 0 Å². The van der Waals surface area contributed by atoms with Crippen molar-refractivity contribution < 1.29 is 24.2 Å². The van der Waals surface area contributed by atoms with Crippen molar-refractivity contribution in [2.45, 2.75) is 187 Å². The molecule has 1 N–H and O–H groups in total. The molecular weight excluding hydrogens is 488 g/mol. The molecule has 0 aromatic heterocycles. The molecular formula is C34H66O5. The molecule has 0 unspecified atom stereocenters. The van der Waals surface area contributed by atoms with E-state index in [4.69, 9.17) is 9.47 Å². The van der Waals surface area contributed by atoms with Crippen molar-refractivity contribution >= 4 is 11.9 Å². The third kappa shape index (κ3) is 31.3. The van der Waals surface area contributed by atoms with E-state index in [0.29, 0.717) is 12.8 Å². The molecule has 0 saturated carbocycles. The first-order chi connectivity index (χ1) is 19.0. The number of esters is 2. The van der Waals surface area contributed by atoms with E-state index in [-0.39, 0.29) is 25.2 Å². The van der Waals surface area contributed by atoms with Gasteiger partial charge in [-0.25, -0.2) is 0 Å². The van der Waals surface area contributed by atoms with Gasteiger partial charge in [0.1, 0.15) is 19.3 Å². The third-order valence-electron chi connectivity index (χ3n) is 7.52. The van der Waals surface area contributed by atoms with E-state index in [1.807, 2.05) is 0 Å². The van der Waals surface area contributed by atoms with Crippen LogP contribution in [0, 0.1) is 5.92 Å². The van der Waals surface area contributed by atoms with Crippen LogP contribution in [-0.4, -0.2) is 36.4 Å². The Balaban J connectivity index is 3.39. The number of carbonyl (C=O) groups excluding carboxylic acids is 2. The maximum atomic E-state index is 11.9. The Kier molecular flexibility index (Phi) is 29.0. The van der Waals surface area contributed by atoms with Gasteiger partial charge in [-0.05, 0) is 18.8 Å². The lowest BCUT2D eigenvalue weighted by molar-refractivity contribution is -0.152. The smallest absolute Gasteiger partial charge is 0.305 e. The summed E-state index contributed by atoms with van der Waals surface area (Å²) in [6.45, 7) is 6.57. The maximum absolute atomic E-state index is 11.9. The molecule has 39 heavy (non-hydrogen) atoms.